The molecule has 1 atom stereocenters. The van der Waals surface area contributed by atoms with E-state index in [-0.39, 0.29) is 12.5 Å². The van der Waals surface area contributed by atoms with Crippen LogP contribution >= 0.6 is 0 Å². The quantitative estimate of drug-likeness (QED) is 0.631. The second kappa shape index (κ2) is 6.56. The first-order chi connectivity index (χ1) is 8.82. The smallest absolute Gasteiger partial charge is 0.379 e. The number of nitrogens with two attached hydrogens (primary N) is 1. The normalized spacial score (nSPS) is 19.2. The van der Waals surface area contributed by atoms with Crippen molar-refractivity contribution in [1.29, 1.82) is 0 Å². The topological polar surface area (TPSA) is 64.3 Å². The molecule has 0 saturated heterocycles. The fourth-order valence-electron chi connectivity index (χ4n) is 2.02. The van der Waals surface area contributed by atoms with Crippen LogP contribution in [0.15, 0.2) is 0 Å². The third-order valence-electron chi connectivity index (χ3n) is 3.26. The number of halogens is 3. The fraction of sp³-hybridized carbons (Fsp3) is 0.917. The molecule has 1 aliphatic rings. The van der Waals surface area contributed by atoms with Gasteiger partial charge in [0, 0.05) is 0 Å². The predicted octanol–water partition coefficient (Wildman–Crippen LogP) is 1.59. The molecule has 0 heterocycles. The summed E-state index contributed by atoms with van der Waals surface area (Å²) in [5, 5.41) is 3.06. The molecule has 0 aromatic rings. The molecule has 112 valence electrons. The Morgan fingerprint density at radius 3 is 2.47 bits per heavy atom. The Balaban J connectivity index is 2.51. The van der Waals surface area contributed by atoms with Gasteiger partial charge in [0.2, 0.25) is 5.91 Å². The van der Waals surface area contributed by atoms with E-state index in [1.807, 2.05) is 6.92 Å². The number of carbonyl (C=O) groups excluding carboxylic acids is 1. The molecule has 4 nitrogen and oxygen atoms in total. The van der Waals surface area contributed by atoms with Crippen LogP contribution in [0.2, 0.25) is 0 Å². The summed E-state index contributed by atoms with van der Waals surface area (Å²) >= 11 is 0. The second-order valence-electron chi connectivity index (χ2n) is 4.95. The Labute approximate surface area is 110 Å². The number of carbonyl (C=O) groups is 1. The van der Waals surface area contributed by atoms with Gasteiger partial charge in [-0.2, -0.15) is 13.2 Å². The summed E-state index contributed by atoms with van der Waals surface area (Å²) in [5.74, 6) is -0.474. The first-order valence-corrected chi connectivity index (χ1v) is 6.51. The molecule has 1 rings (SSSR count). The number of ether oxygens (including phenoxy) is 1. The van der Waals surface area contributed by atoms with Gasteiger partial charge in [-0.25, -0.2) is 0 Å². The number of primary amides is 1. The van der Waals surface area contributed by atoms with Crippen LogP contribution in [-0.4, -0.2) is 37.4 Å². The van der Waals surface area contributed by atoms with E-state index in [9.17, 15) is 18.0 Å². The van der Waals surface area contributed by atoms with Crippen molar-refractivity contribution in [3.63, 3.8) is 0 Å². The Morgan fingerprint density at radius 2 is 2.05 bits per heavy atom. The molecule has 0 aliphatic heterocycles. The highest BCUT2D eigenvalue weighted by atomic mass is 19.4. The van der Waals surface area contributed by atoms with E-state index < -0.39 is 30.7 Å². The fourth-order valence-corrected chi connectivity index (χ4v) is 2.02. The Bertz CT molecular complexity index is 306. The van der Waals surface area contributed by atoms with Crippen molar-refractivity contribution in [2.75, 3.05) is 19.8 Å². The lowest BCUT2D eigenvalue weighted by Gasteiger charge is -2.31. The Kier molecular flexibility index (Phi) is 5.61. The van der Waals surface area contributed by atoms with E-state index in [1.54, 1.807) is 0 Å². The number of hydrogen-bond acceptors (Lipinski definition) is 3. The van der Waals surface area contributed by atoms with Crippen molar-refractivity contribution < 1.29 is 22.7 Å². The number of rotatable bonds is 9. The zero-order chi connectivity index (χ0) is 14.5. The van der Waals surface area contributed by atoms with Gasteiger partial charge < -0.3 is 15.8 Å². The van der Waals surface area contributed by atoms with Gasteiger partial charge in [-0.3, -0.25) is 4.79 Å². The SMILES string of the molecule is CCCNC(COCCC(F)(F)F)(C(N)=O)C1CC1. The molecule has 3 N–H and O–H groups in total. The molecule has 19 heavy (non-hydrogen) atoms. The summed E-state index contributed by atoms with van der Waals surface area (Å²) in [4.78, 5) is 11.7. The molecular formula is C12H21F3N2O2. The van der Waals surface area contributed by atoms with E-state index in [1.165, 1.54) is 0 Å². The minimum atomic E-state index is -4.24. The highest BCUT2D eigenvalue weighted by molar-refractivity contribution is 5.85. The molecule has 0 spiro atoms. The van der Waals surface area contributed by atoms with Crippen molar-refractivity contribution in [3.8, 4) is 0 Å². The van der Waals surface area contributed by atoms with Gasteiger partial charge in [-0.05, 0) is 31.7 Å². The minimum absolute atomic E-state index is 0.0717. The third-order valence-corrected chi connectivity index (χ3v) is 3.26. The Morgan fingerprint density at radius 1 is 1.42 bits per heavy atom. The van der Waals surface area contributed by atoms with Crippen molar-refractivity contribution >= 4 is 5.91 Å². The average molecular weight is 282 g/mol. The highest BCUT2D eigenvalue weighted by Gasteiger charge is 2.49. The van der Waals surface area contributed by atoms with Crippen molar-refractivity contribution in [1.82, 2.24) is 5.32 Å². The van der Waals surface area contributed by atoms with Crippen LogP contribution in [0.3, 0.4) is 0 Å². The first-order valence-electron chi connectivity index (χ1n) is 6.51. The zero-order valence-electron chi connectivity index (χ0n) is 11.1. The van der Waals surface area contributed by atoms with Gasteiger partial charge in [0.05, 0.1) is 19.6 Å². The lowest BCUT2D eigenvalue weighted by molar-refractivity contribution is -0.148. The molecule has 0 bridgehead atoms. The number of alkyl halides is 3. The van der Waals surface area contributed by atoms with Crippen LogP contribution in [0.25, 0.3) is 0 Å². The summed E-state index contributed by atoms with van der Waals surface area (Å²) in [5.41, 5.74) is 4.41. The maximum Gasteiger partial charge on any atom is 0.391 e. The molecule has 1 saturated carbocycles. The first kappa shape index (κ1) is 16.2. The van der Waals surface area contributed by atoms with Crippen LogP contribution in [-0.2, 0) is 9.53 Å². The molecule has 1 fully saturated rings. The van der Waals surface area contributed by atoms with Crippen LogP contribution in [0, 0.1) is 5.92 Å². The molecular weight excluding hydrogens is 261 g/mol. The van der Waals surface area contributed by atoms with Crippen molar-refractivity contribution in [3.05, 3.63) is 0 Å². The molecule has 0 aromatic heterocycles. The third kappa shape index (κ3) is 4.99. The predicted molar refractivity (Wildman–Crippen MR) is 64.4 cm³/mol. The van der Waals surface area contributed by atoms with E-state index in [2.05, 4.69) is 5.32 Å². The lowest BCUT2D eigenvalue weighted by Crippen LogP contribution is -2.60. The number of amides is 1. The van der Waals surface area contributed by atoms with Gasteiger partial charge in [0.25, 0.3) is 0 Å². The van der Waals surface area contributed by atoms with Gasteiger partial charge in [-0.1, -0.05) is 6.92 Å². The second-order valence-corrected chi connectivity index (χ2v) is 4.95. The molecule has 0 radical (unpaired) electrons. The van der Waals surface area contributed by atoms with E-state index in [4.69, 9.17) is 10.5 Å². The monoisotopic (exact) mass is 282 g/mol. The minimum Gasteiger partial charge on any atom is -0.379 e. The molecule has 1 aliphatic carbocycles. The highest BCUT2D eigenvalue weighted by Crippen LogP contribution is 2.40. The molecule has 7 heteroatoms. The standard InChI is InChI=1S/C12H21F3N2O2/c1-2-6-17-11(10(16)18,9-3-4-9)8-19-7-5-12(13,14)15/h9,17H,2-8H2,1H3,(H2,16,18). The van der Waals surface area contributed by atoms with Gasteiger partial charge >= 0.3 is 6.18 Å². The van der Waals surface area contributed by atoms with Crippen LogP contribution < -0.4 is 11.1 Å². The van der Waals surface area contributed by atoms with Crippen LogP contribution in [0.4, 0.5) is 13.2 Å². The zero-order valence-corrected chi connectivity index (χ0v) is 11.1. The molecule has 1 amide bonds. The molecule has 1 unspecified atom stereocenters. The summed E-state index contributed by atoms with van der Waals surface area (Å²) in [7, 11) is 0. The summed E-state index contributed by atoms with van der Waals surface area (Å²) in [6, 6.07) is 0. The summed E-state index contributed by atoms with van der Waals surface area (Å²) < 4.78 is 41.1. The van der Waals surface area contributed by atoms with Crippen LogP contribution in [0.5, 0.6) is 0 Å². The van der Waals surface area contributed by atoms with Gasteiger partial charge in [-0.15, -0.1) is 0 Å². The number of hydrogen-bond donors (Lipinski definition) is 2. The van der Waals surface area contributed by atoms with Gasteiger partial charge in [0.15, 0.2) is 0 Å². The van der Waals surface area contributed by atoms with Crippen LogP contribution in [0.1, 0.15) is 32.6 Å². The maximum absolute atomic E-state index is 12.0. The Hall–Kier alpha value is -0.820. The van der Waals surface area contributed by atoms with E-state index >= 15 is 0 Å². The maximum atomic E-state index is 12.0. The largest absolute Gasteiger partial charge is 0.391 e. The van der Waals surface area contributed by atoms with Crippen molar-refractivity contribution in [2.45, 2.75) is 44.3 Å². The lowest BCUT2D eigenvalue weighted by atomic mass is 9.93. The summed E-state index contributed by atoms with van der Waals surface area (Å²) in [6.45, 7) is 1.99. The molecule has 0 aromatic carbocycles. The van der Waals surface area contributed by atoms with E-state index in [0.29, 0.717) is 6.54 Å². The van der Waals surface area contributed by atoms with Gasteiger partial charge in [0.1, 0.15) is 5.54 Å². The van der Waals surface area contributed by atoms with Crippen molar-refractivity contribution in [2.24, 2.45) is 11.7 Å². The summed E-state index contributed by atoms with van der Waals surface area (Å²) in [6.07, 6.45) is -2.75. The average Bonchev–Trinajstić information content (AvgIpc) is 3.11. The van der Waals surface area contributed by atoms with E-state index in [0.717, 1.165) is 19.3 Å². The number of nitrogens with one attached hydrogen (secondary N) is 1.